The first kappa shape index (κ1) is 23.6. The largest absolute Gasteiger partial charge is 0.490 e. The van der Waals surface area contributed by atoms with Crippen molar-refractivity contribution in [3.8, 4) is 11.5 Å². The summed E-state index contributed by atoms with van der Waals surface area (Å²) in [5.74, 6) is -1.27. The summed E-state index contributed by atoms with van der Waals surface area (Å²) in [6.45, 7) is -1.59. The second-order valence-corrected chi connectivity index (χ2v) is 7.77. The number of imide groups is 1. The molecule has 1 aliphatic rings. The van der Waals surface area contributed by atoms with Crippen molar-refractivity contribution >= 4 is 52.2 Å². The molecule has 1 aliphatic heterocycles. The standard InChI is InChI=1S/C21H17ClF2N2O5S/c1-2-30-16-9-12(3-8-15(16)31-20(23)24)10-17-19(28)26(21(29)32-17)11-18(27)25-14-6-4-13(22)5-7-14/h3-10,20H,2,11H2,1H3,(H,25,27)/b17-10-. The van der Waals surface area contributed by atoms with E-state index in [0.717, 1.165) is 4.90 Å². The average molecular weight is 483 g/mol. The molecule has 0 saturated carbocycles. The molecule has 0 spiro atoms. The van der Waals surface area contributed by atoms with Crippen LogP contribution in [-0.4, -0.2) is 41.7 Å². The minimum absolute atomic E-state index is 0.0723. The number of hydrogen-bond acceptors (Lipinski definition) is 6. The number of alkyl halides is 2. The molecule has 0 aliphatic carbocycles. The van der Waals surface area contributed by atoms with Crippen molar-refractivity contribution in [1.29, 1.82) is 0 Å². The molecular formula is C21H17ClF2N2O5S. The van der Waals surface area contributed by atoms with Crippen LogP contribution in [0.2, 0.25) is 5.02 Å². The van der Waals surface area contributed by atoms with Gasteiger partial charge in [0.25, 0.3) is 11.1 Å². The zero-order valence-electron chi connectivity index (χ0n) is 16.6. The molecular weight excluding hydrogens is 466 g/mol. The van der Waals surface area contributed by atoms with E-state index in [1.807, 2.05) is 0 Å². The third kappa shape index (κ3) is 5.98. The Morgan fingerprint density at radius 3 is 2.56 bits per heavy atom. The van der Waals surface area contributed by atoms with Crippen molar-refractivity contribution in [2.24, 2.45) is 0 Å². The molecule has 0 bridgehead atoms. The highest BCUT2D eigenvalue weighted by Gasteiger charge is 2.36. The minimum Gasteiger partial charge on any atom is -0.490 e. The van der Waals surface area contributed by atoms with Crippen LogP contribution in [0.25, 0.3) is 6.08 Å². The van der Waals surface area contributed by atoms with Gasteiger partial charge in [0.15, 0.2) is 11.5 Å². The summed E-state index contributed by atoms with van der Waals surface area (Å²) in [7, 11) is 0. The lowest BCUT2D eigenvalue weighted by Gasteiger charge is -2.13. The number of benzene rings is 2. The Kier molecular flexibility index (Phi) is 7.70. The zero-order valence-corrected chi connectivity index (χ0v) is 18.2. The van der Waals surface area contributed by atoms with E-state index >= 15 is 0 Å². The van der Waals surface area contributed by atoms with Gasteiger partial charge in [0, 0.05) is 10.7 Å². The van der Waals surface area contributed by atoms with E-state index in [4.69, 9.17) is 16.3 Å². The van der Waals surface area contributed by atoms with Crippen LogP contribution in [0.4, 0.5) is 19.3 Å². The first-order valence-electron chi connectivity index (χ1n) is 9.29. The molecule has 1 N–H and O–H groups in total. The van der Waals surface area contributed by atoms with Crippen molar-refractivity contribution in [2.75, 3.05) is 18.5 Å². The summed E-state index contributed by atoms with van der Waals surface area (Å²) < 4.78 is 34.8. The van der Waals surface area contributed by atoms with Gasteiger partial charge >= 0.3 is 6.61 Å². The molecule has 2 aromatic rings. The van der Waals surface area contributed by atoms with Crippen LogP contribution in [0, 0.1) is 0 Å². The normalized spacial score (nSPS) is 14.9. The van der Waals surface area contributed by atoms with E-state index in [2.05, 4.69) is 10.1 Å². The second-order valence-electron chi connectivity index (χ2n) is 6.34. The Morgan fingerprint density at radius 1 is 1.19 bits per heavy atom. The Morgan fingerprint density at radius 2 is 1.91 bits per heavy atom. The van der Waals surface area contributed by atoms with Crippen LogP contribution in [0.15, 0.2) is 47.4 Å². The summed E-state index contributed by atoms with van der Waals surface area (Å²) in [5.41, 5.74) is 0.905. The molecule has 0 atom stereocenters. The molecule has 1 saturated heterocycles. The summed E-state index contributed by atoms with van der Waals surface area (Å²) in [6.07, 6.45) is 1.41. The number of anilines is 1. The van der Waals surface area contributed by atoms with Crippen molar-refractivity contribution in [1.82, 2.24) is 4.90 Å². The summed E-state index contributed by atoms with van der Waals surface area (Å²) >= 11 is 6.47. The van der Waals surface area contributed by atoms with Crippen molar-refractivity contribution < 1.29 is 32.6 Å². The molecule has 3 rings (SSSR count). The number of hydrogen-bond donors (Lipinski definition) is 1. The van der Waals surface area contributed by atoms with Crippen LogP contribution in [0.3, 0.4) is 0 Å². The zero-order chi connectivity index (χ0) is 23.3. The maximum atomic E-state index is 12.6. The Labute approximate surface area is 191 Å². The summed E-state index contributed by atoms with van der Waals surface area (Å²) in [4.78, 5) is 38.0. The highest BCUT2D eigenvalue weighted by atomic mass is 35.5. The number of carbonyl (C=O) groups is 3. The number of carbonyl (C=O) groups excluding carboxylic acids is 3. The van der Waals surface area contributed by atoms with E-state index in [9.17, 15) is 23.2 Å². The lowest BCUT2D eigenvalue weighted by molar-refractivity contribution is -0.127. The Bertz CT molecular complexity index is 1060. The SMILES string of the molecule is CCOc1cc(/C=C2\SC(=O)N(CC(=O)Nc3ccc(Cl)cc3)C2=O)ccc1OC(F)F. The molecule has 0 radical (unpaired) electrons. The number of nitrogens with zero attached hydrogens (tertiary/aromatic N) is 1. The van der Waals surface area contributed by atoms with Crippen LogP contribution in [-0.2, 0) is 9.59 Å². The van der Waals surface area contributed by atoms with Gasteiger partial charge in [0.1, 0.15) is 6.54 Å². The third-order valence-corrected chi connectivity index (χ3v) is 5.24. The lowest BCUT2D eigenvalue weighted by Crippen LogP contribution is -2.36. The first-order valence-corrected chi connectivity index (χ1v) is 10.5. The fourth-order valence-corrected chi connectivity index (χ4v) is 3.71. The van der Waals surface area contributed by atoms with Gasteiger partial charge in [-0.3, -0.25) is 19.3 Å². The number of halogens is 3. The summed E-state index contributed by atoms with van der Waals surface area (Å²) in [6, 6.07) is 10.5. The van der Waals surface area contributed by atoms with Gasteiger partial charge in [-0.2, -0.15) is 8.78 Å². The predicted octanol–water partition coefficient (Wildman–Crippen LogP) is 5.02. The highest BCUT2D eigenvalue weighted by Crippen LogP contribution is 2.35. The maximum Gasteiger partial charge on any atom is 0.387 e. The molecule has 1 fully saturated rings. The lowest BCUT2D eigenvalue weighted by atomic mass is 10.2. The number of rotatable bonds is 8. The monoisotopic (exact) mass is 482 g/mol. The van der Waals surface area contributed by atoms with Gasteiger partial charge < -0.3 is 14.8 Å². The maximum absolute atomic E-state index is 12.6. The van der Waals surface area contributed by atoms with Crippen molar-refractivity contribution in [3.05, 3.63) is 58.0 Å². The van der Waals surface area contributed by atoms with Gasteiger partial charge in [-0.25, -0.2) is 0 Å². The van der Waals surface area contributed by atoms with Crippen LogP contribution < -0.4 is 14.8 Å². The number of amides is 3. The fraction of sp³-hybridized carbons (Fsp3) is 0.190. The van der Waals surface area contributed by atoms with Crippen molar-refractivity contribution in [3.63, 3.8) is 0 Å². The molecule has 3 amide bonds. The molecule has 2 aromatic carbocycles. The molecule has 11 heteroatoms. The first-order chi connectivity index (χ1) is 15.3. The number of thioether (sulfide) groups is 1. The molecule has 168 valence electrons. The molecule has 1 heterocycles. The second kappa shape index (κ2) is 10.5. The van der Waals surface area contributed by atoms with E-state index in [1.165, 1.54) is 24.3 Å². The van der Waals surface area contributed by atoms with E-state index in [0.29, 0.717) is 28.0 Å². The van der Waals surface area contributed by atoms with E-state index in [1.54, 1.807) is 31.2 Å². The highest BCUT2D eigenvalue weighted by molar-refractivity contribution is 8.18. The predicted molar refractivity (Wildman–Crippen MR) is 117 cm³/mol. The quantitative estimate of drug-likeness (QED) is 0.532. The van der Waals surface area contributed by atoms with Gasteiger partial charge in [-0.1, -0.05) is 17.7 Å². The molecule has 7 nitrogen and oxygen atoms in total. The van der Waals surface area contributed by atoms with E-state index in [-0.39, 0.29) is 23.0 Å². The fourth-order valence-electron chi connectivity index (χ4n) is 2.74. The van der Waals surface area contributed by atoms with Crippen LogP contribution in [0.5, 0.6) is 11.5 Å². The molecule has 32 heavy (non-hydrogen) atoms. The Hall–Kier alpha value is -3.11. The number of ether oxygens (including phenoxy) is 2. The topological polar surface area (TPSA) is 84.9 Å². The van der Waals surface area contributed by atoms with Gasteiger partial charge in [0.2, 0.25) is 5.91 Å². The summed E-state index contributed by atoms with van der Waals surface area (Å²) in [5, 5.41) is 2.48. The van der Waals surface area contributed by atoms with Crippen LogP contribution >= 0.6 is 23.4 Å². The average Bonchev–Trinajstić information content (AvgIpc) is 2.99. The third-order valence-electron chi connectivity index (χ3n) is 4.08. The minimum atomic E-state index is -3.02. The molecule has 0 unspecified atom stereocenters. The van der Waals surface area contributed by atoms with Gasteiger partial charge in [-0.15, -0.1) is 0 Å². The number of nitrogens with one attached hydrogen (secondary N) is 1. The van der Waals surface area contributed by atoms with Gasteiger partial charge in [-0.05, 0) is 66.7 Å². The van der Waals surface area contributed by atoms with Gasteiger partial charge in [0.05, 0.1) is 11.5 Å². The van der Waals surface area contributed by atoms with Crippen LogP contribution in [0.1, 0.15) is 12.5 Å². The smallest absolute Gasteiger partial charge is 0.387 e. The van der Waals surface area contributed by atoms with E-state index < -0.39 is 30.2 Å². The molecule has 0 aromatic heterocycles. The Balaban J connectivity index is 1.72. The van der Waals surface area contributed by atoms with Crippen molar-refractivity contribution in [2.45, 2.75) is 13.5 Å².